The van der Waals surface area contributed by atoms with Gasteiger partial charge in [0.05, 0.1) is 11.1 Å². The molecule has 3 rings (SSSR count). The highest BCUT2D eigenvalue weighted by Gasteiger charge is 2.37. The van der Waals surface area contributed by atoms with Crippen molar-refractivity contribution in [1.29, 1.82) is 0 Å². The molecule has 1 aliphatic heterocycles. The predicted molar refractivity (Wildman–Crippen MR) is 82.4 cm³/mol. The Hall–Kier alpha value is -2.22. The van der Waals surface area contributed by atoms with Gasteiger partial charge in [-0.25, -0.2) is 0 Å². The third kappa shape index (κ3) is 3.95. The maximum absolute atomic E-state index is 12.9. The normalized spacial score (nSPS) is 15.2. The number of benzene rings is 2. The quantitative estimate of drug-likeness (QED) is 0.680. The first-order chi connectivity index (χ1) is 12.0. The molecule has 0 amide bonds. The summed E-state index contributed by atoms with van der Waals surface area (Å²) in [5.74, 6) is 0.470. The first-order valence-corrected chi connectivity index (χ1v) is 7.74. The molecule has 0 N–H and O–H groups in total. The average Bonchev–Trinajstić information content (AvgIpc) is 2.91. The van der Waals surface area contributed by atoms with E-state index in [9.17, 15) is 26.3 Å². The predicted octanol–water partition coefficient (Wildman–Crippen LogP) is 5.25. The van der Waals surface area contributed by atoms with Crippen LogP contribution in [0.3, 0.4) is 0 Å². The van der Waals surface area contributed by atoms with Gasteiger partial charge in [0, 0.05) is 18.7 Å². The van der Waals surface area contributed by atoms with E-state index in [1.165, 1.54) is 0 Å². The van der Waals surface area contributed by atoms with Crippen LogP contribution < -0.4 is 4.74 Å². The van der Waals surface area contributed by atoms with Crippen molar-refractivity contribution in [2.24, 2.45) is 0 Å². The Morgan fingerprint density at radius 2 is 1.54 bits per heavy atom. The van der Waals surface area contributed by atoms with E-state index in [0.29, 0.717) is 31.0 Å². The molecular formula is C18H15F6NO. The minimum atomic E-state index is -4.87. The van der Waals surface area contributed by atoms with Crippen LogP contribution in [0.2, 0.25) is 0 Å². The lowest BCUT2D eigenvalue weighted by Gasteiger charge is -2.15. The summed E-state index contributed by atoms with van der Waals surface area (Å²) < 4.78 is 83.0. The fourth-order valence-electron chi connectivity index (χ4n) is 2.95. The second-order valence-corrected chi connectivity index (χ2v) is 6.27. The van der Waals surface area contributed by atoms with E-state index in [1.807, 2.05) is 18.0 Å². The molecule has 2 nitrogen and oxygen atoms in total. The largest absolute Gasteiger partial charge is 0.489 e. The summed E-state index contributed by atoms with van der Waals surface area (Å²) in [6.45, 7) is 0.948. The molecule has 0 fully saturated rings. The molecule has 0 saturated carbocycles. The molecular weight excluding hydrogens is 360 g/mol. The fourth-order valence-corrected chi connectivity index (χ4v) is 2.95. The van der Waals surface area contributed by atoms with Crippen LogP contribution in [0, 0.1) is 0 Å². The van der Waals surface area contributed by atoms with Crippen molar-refractivity contribution in [2.45, 2.75) is 32.0 Å². The highest BCUT2D eigenvalue weighted by atomic mass is 19.4. The molecule has 0 aliphatic carbocycles. The van der Waals surface area contributed by atoms with E-state index in [-0.39, 0.29) is 18.2 Å². The zero-order chi connectivity index (χ0) is 19.1. The van der Waals surface area contributed by atoms with Gasteiger partial charge in [0.15, 0.2) is 0 Å². The summed E-state index contributed by atoms with van der Waals surface area (Å²) in [4.78, 5) is 2.03. The minimum absolute atomic E-state index is 0.110. The standard InChI is InChI=1S/C18H15F6NO/c1-25-8-12-3-2-4-16(15(12)9-25)26-10-11-5-13(17(19,20)21)7-14(6-11)18(22,23)24/h2-7H,8-10H2,1H3. The van der Waals surface area contributed by atoms with Gasteiger partial charge in [-0.15, -0.1) is 0 Å². The van der Waals surface area contributed by atoms with E-state index in [4.69, 9.17) is 4.74 Å². The van der Waals surface area contributed by atoms with Crippen LogP contribution in [0.1, 0.15) is 27.8 Å². The lowest BCUT2D eigenvalue weighted by Crippen LogP contribution is -2.12. The van der Waals surface area contributed by atoms with Gasteiger partial charge in [0.1, 0.15) is 12.4 Å². The second-order valence-electron chi connectivity index (χ2n) is 6.27. The number of nitrogens with zero attached hydrogens (tertiary/aromatic N) is 1. The van der Waals surface area contributed by atoms with Crippen LogP contribution in [-0.2, 0) is 32.0 Å². The molecule has 1 heterocycles. The highest BCUT2D eigenvalue weighted by Crippen LogP contribution is 2.37. The van der Waals surface area contributed by atoms with E-state index >= 15 is 0 Å². The zero-order valence-electron chi connectivity index (χ0n) is 13.7. The number of hydrogen-bond acceptors (Lipinski definition) is 2. The van der Waals surface area contributed by atoms with Crippen LogP contribution in [0.15, 0.2) is 36.4 Å². The van der Waals surface area contributed by atoms with E-state index in [1.54, 1.807) is 12.1 Å². The molecule has 0 radical (unpaired) electrons. The van der Waals surface area contributed by atoms with Crippen LogP contribution >= 0.6 is 0 Å². The summed E-state index contributed by atoms with van der Waals surface area (Å²) in [5, 5.41) is 0. The van der Waals surface area contributed by atoms with Gasteiger partial charge in [-0.2, -0.15) is 26.3 Å². The Bertz CT molecular complexity index is 780. The van der Waals surface area contributed by atoms with Gasteiger partial charge in [-0.05, 0) is 42.4 Å². The molecule has 26 heavy (non-hydrogen) atoms. The van der Waals surface area contributed by atoms with E-state index in [0.717, 1.165) is 11.1 Å². The highest BCUT2D eigenvalue weighted by molar-refractivity contribution is 5.43. The molecule has 0 unspecified atom stereocenters. The SMILES string of the molecule is CN1Cc2cccc(OCc3cc(C(F)(F)F)cc(C(F)(F)F)c3)c2C1. The van der Waals surface area contributed by atoms with Crippen molar-refractivity contribution < 1.29 is 31.1 Å². The van der Waals surface area contributed by atoms with Crippen LogP contribution in [0.4, 0.5) is 26.3 Å². The molecule has 2 aromatic rings. The molecule has 0 bridgehead atoms. The van der Waals surface area contributed by atoms with Gasteiger partial charge in [-0.3, -0.25) is 4.90 Å². The lowest BCUT2D eigenvalue weighted by molar-refractivity contribution is -0.143. The molecule has 1 aliphatic rings. The Morgan fingerprint density at radius 1 is 0.923 bits per heavy atom. The zero-order valence-corrected chi connectivity index (χ0v) is 13.7. The molecule has 0 spiro atoms. The first kappa shape index (κ1) is 18.6. The number of halogens is 6. The third-order valence-corrected chi connectivity index (χ3v) is 4.14. The molecule has 0 saturated heterocycles. The average molecular weight is 375 g/mol. The maximum Gasteiger partial charge on any atom is 0.416 e. The fraction of sp³-hybridized carbons (Fsp3) is 0.333. The lowest BCUT2D eigenvalue weighted by atomic mass is 10.0. The minimum Gasteiger partial charge on any atom is -0.489 e. The first-order valence-electron chi connectivity index (χ1n) is 7.74. The van der Waals surface area contributed by atoms with Crippen LogP contribution in [-0.4, -0.2) is 11.9 Å². The van der Waals surface area contributed by atoms with Crippen molar-refractivity contribution in [3.63, 3.8) is 0 Å². The Morgan fingerprint density at radius 3 is 2.12 bits per heavy atom. The van der Waals surface area contributed by atoms with Gasteiger partial charge in [0.25, 0.3) is 0 Å². The van der Waals surface area contributed by atoms with Crippen LogP contribution in [0.25, 0.3) is 0 Å². The monoisotopic (exact) mass is 375 g/mol. The number of rotatable bonds is 3. The van der Waals surface area contributed by atoms with Gasteiger partial charge >= 0.3 is 12.4 Å². The number of hydrogen-bond donors (Lipinski definition) is 0. The summed E-state index contributed by atoms with van der Waals surface area (Å²) in [6.07, 6.45) is -9.74. The summed E-state index contributed by atoms with van der Waals surface area (Å²) in [5.41, 5.74) is -0.938. The molecule has 0 atom stereocenters. The molecule has 0 aromatic heterocycles. The number of ether oxygens (including phenoxy) is 1. The Balaban J connectivity index is 1.88. The van der Waals surface area contributed by atoms with Crippen molar-refractivity contribution >= 4 is 0 Å². The maximum atomic E-state index is 12.9. The third-order valence-electron chi connectivity index (χ3n) is 4.14. The van der Waals surface area contributed by atoms with Crippen molar-refractivity contribution in [2.75, 3.05) is 7.05 Å². The summed E-state index contributed by atoms with van der Waals surface area (Å²) >= 11 is 0. The van der Waals surface area contributed by atoms with Crippen molar-refractivity contribution in [1.82, 2.24) is 4.90 Å². The van der Waals surface area contributed by atoms with Gasteiger partial charge < -0.3 is 4.74 Å². The van der Waals surface area contributed by atoms with E-state index < -0.39 is 23.5 Å². The Labute approximate surface area is 146 Å². The summed E-state index contributed by atoms with van der Waals surface area (Å²) in [6, 6.07) is 6.81. The molecule has 8 heteroatoms. The topological polar surface area (TPSA) is 12.5 Å². The summed E-state index contributed by atoms with van der Waals surface area (Å²) in [7, 11) is 1.91. The van der Waals surface area contributed by atoms with Gasteiger partial charge in [0.2, 0.25) is 0 Å². The van der Waals surface area contributed by atoms with Crippen molar-refractivity contribution in [3.05, 3.63) is 64.2 Å². The van der Waals surface area contributed by atoms with Gasteiger partial charge in [-0.1, -0.05) is 12.1 Å². The smallest absolute Gasteiger partial charge is 0.416 e. The number of alkyl halides is 6. The van der Waals surface area contributed by atoms with Crippen molar-refractivity contribution in [3.8, 4) is 5.75 Å². The molecule has 140 valence electrons. The second kappa shape index (κ2) is 6.50. The Kier molecular flexibility index (Phi) is 4.64. The number of fused-ring (bicyclic) bond motifs is 1. The molecule has 2 aromatic carbocycles. The van der Waals surface area contributed by atoms with Crippen LogP contribution in [0.5, 0.6) is 5.75 Å². The van der Waals surface area contributed by atoms with E-state index in [2.05, 4.69) is 0 Å².